The number of benzene rings is 1. The molecule has 1 fully saturated rings. The molecule has 0 unspecified atom stereocenters. The van der Waals surface area contributed by atoms with Gasteiger partial charge in [0.05, 0.1) is 6.54 Å². The van der Waals surface area contributed by atoms with E-state index in [0.29, 0.717) is 5.92 Å². The van der Waals surface area contributed by atoms with Crippen molar-refractivity contribution in [2.45, 2.75) is 12.8 Å². The number of rotatable bonds is 4. The molecule has 0 aliphatic carbocycles. The Labute approximate surface area is 146 Å². The molecule has 3 rings (SSSR count). The molecule has 1 aromatic carbocycles. The van der Waals surface area contributed by atoms with E-state index in [9.17, 15) is 4.79 Å². The van der Waals surface area contributed by atoms with Crippen molar-refractivity contribution in [3.05, 3.63) is 42.0 Å². The lowest BCUT2D eigenvalue weighted by Gasteiger charge is -2.31. The van der Waals surface area contributed by atoms with E-state index < -0.39 is 0 Å². The Balaban J connectivity index is 1.41. The molecule has 5 heteroatoms. The molecule has 0 N–H and O–H groups in total. The smallest absolute Gasteiger partial charge is 0.246 e. The van der Waals surface area contributed by atoms with Gasteiger partial charge in [-0.1, -0.05) is 53.9 Å². The van der Waals surface area contributed by atoms with Crippen LogP contribution in [-0.4, -0.2) is 46.3 Å². The second kappa shape index (κ2) is 8.60. The molecular weight excluding hydrogens is 324 g/mol. The molecule has 3 nitrogen and oxygen atoms in total. The standard InChI is InChI=1S/C18H22N2OS2/c21-17(7-6-15-4-2-1-3-5-15)20-11-8-16(9-12-20)14-23-18-19-10-13-22-18/h1-7,16H,8-14H2. The van der Waals surface area contributed by atoms with Crippen molar-refractivity contribution in [3.63, 3.8) is 0 Å². The number of nitrogens with zero attached hydrogens (tertiary/aromatic N) is 2. The average molecular weight is 347 g/mol. The number of thioether (sulfide) groups is 2. The zero-order valence-corrected chi connectivity index (χ0v) is 14.8. The highest BCUT2D eigenvalue weighted by Crippen LogP contribution is 2.27. The van der Waals surface area contributed by atoms with Crippen LogP contribution in [0, 0.1) is 5.92 Å². The number of hydrogen-bond acceptors (Lipinski definition) is 4. The molecule has 1 aromatic rings. The number of hydrogen-bond donors (Lipinski definition) is 0. The Morgan fingerprint density at radius 1 is 1.30 bits per heavy atom. The molecule has 2 aliphatic heterocycles. The van der Waals surface area contributed by atoms with Gasteiger partial charge in [-0.2, -0.15) is 0 Å². The predicted molar refractivity (Wildman–Crippen MR) is 102 cm³/mol. The first-order chi connectivity index (χ1) is 11.3. The fourth-order valence-corrected chi connectivity index (χ4v) is 4.97. The second-order valence-electron chi connectivity index (χ2n) is 5.82. The van der Waals surface area contributed by atoms with Crippen LogP contribution in [0.4, 0.5) is 0 Å². The monoisotopic (exact) mass is 346 g/mol. The van der Waals surface area contributed by atoms with Gasteiger partial charge in [-0.3, -0.25) is 9.79 Å². The summed E-state index contributed by atoms with van der Waals surface area (Å²) in [6.45, 7) is 2.74. The van der Waals surface area contributed by atoms with E-state index in [2.05, 4.69) is 4.99 Å². The third-order valence-corrected chi connectivity index (χ3v) is 6.63. The molecule has 0 atom stereocenters. The highest BCUT2D eigenvalue weighted by molar-refractivity contribution is 8.39. The van der Waals surface area contributed by atoms with E-state index in [1.165, 1.54) is 4.38 Å². The fraction of sp³-hybridized carbons (Fsp3) is 0.444. The number of amides is 1. The number of piperidine rings is 1. The van der Waals surface area contributed by atoms with Gasteiger partial charge in [-0.05, 0) is 30.4 Å². The summed E-state index contributed by atoms with van der Waals surface area (Å²) >= 11 is 3.78. The minimum Gasteiger partial charge on any atom is -0.339 e. The van der Waals surface area contributed by atoms with Crippen LogP contribution < -0.4 is 0 Å². The van der Waals surface area contributed by atoms with Gasteiger partial charge in [0.2, 0.25) is 5.91 Å². The summed E-state index contributed by atoms with van der Waals surface area (Å²) in [5, 5.41) is 0. The van der Waals surface area contributed by atoms with Gasteiger partial charge in [0.15, 0.2) is 0 Å². The summed E-state index contributed by atoms with van der Waals surface area (Å²) in [6.07, 6.45) is 5.82. The van der Waals surface area contributed by atoms with Crippen molar-refractivity contribution in [1.29, 1.82) is 0 Å². The predicted octanol–water partition coefficient (Wildman–Crippen LogP) is 3.77. The second-order valence-corrected chi connectivity index (χ2v) is 8.17. The molecule has 1 saturated heterocycles. The van der Waals surface area contributed by atoms with E-state index >= 15 is 0 Å². The molecule has 23 heavy (non-hydrogen) atoms. The zero-order valence-electron chi connectivity index (χ0n) is 13.2. The minimum absolute atomic E-state index is 0.135. The van der Waals surface area contributed by atoms with Crippen LogP contribution in [0.3, 0.4) is 0 Å². The maximum atomic E-state index is 12.3. The molecule has 1 amide bonds. The van der Waals surface area contributed by atoms with Crippen LogP contribution in [0.1, 0.15) is 18.4 Å². The molecule has 2 heterocycles. The summed E-state index contributed by atoms with van der Waals surface area (Å²) in [5.74, 6) is 3.14. The molecule has 122 valence electrons. The number of carbonyl (C=O) groups excluding carboxylic acids is 1. The molecular formula is C18H22N2OS2. The number of aliphatic imine (C=N–C) groups is 1. The lowest BCUT2D eigenvalue weighted by Crippen LogP contribution is -2.38. The summed E-state index contributed by atoms with van der Waals surface area (Å²) in [7, 11) is 0. The highest BCUT2D eigenvalue weighted by atomic mass is 32.2. The van der Waals surface area contributed by atoms with Crippen molar-refractivity contribution < 1.29 is 4.79 Å². The topological polar surface area (TPSA) is 32.7 Å². The van der Waals surface area contributed by atoms with Crippen molar-refractivity contribution in [1.82, 2.24) is 4.90 Å². The van der Waals surface area contributed by atoms with E-state index in [-0.39, 0.29) is 5.91 Å². The summed E-state index contributed by atoms with van der Waals surface area (Å²) < 4.78 is 1.26. The molecule has 0 spiro atoms. The normalized spacial score (nSPS) is 19.3. The van der Waals surface area contributed by atoms with Gasteiger partial charge < -0.3 is 4.90 Å². The third-order valence-electron chi connectivity index (χ3n) is 4.14. The summed E-state index contributed by atoms with van der Waals surface area (Å²) in [4.78, 5) is 18.7. The maximum Gasteiger partial charge on any atom is 0.246 e. The first kappa shape index (κ1) is 16.7. The largest absolute Gasteiger partial charge is 0.339 e. The summed E-state index contributed by atoms with van der Waals surface area (Å²) in [6, 6.07) is 9.98. The average Bonchev–Trinajstić information content (AvgIpc) is 3.13. The van der Waals surface area contributed by atoms with Gasteiger partial charge in [0.25, 0.3) is 0 Å². The molecule has 0 saturated carbocycles. The zero-order chi connectivity index (χ0) is 15.9. The fourth-order valence-electron chi connectivity index (χ4n) is 2.75. The lowest BCUT2D eigenvalue weighted by atomic mass is 9.99. The van der Waals surface area contributed by atoms with Crippen LogP contribution >= 0.6 is 23.5 Å². The highest BCUT2D eigenvalue weighted by Gasteiger charge is 2.22. The van der Waals surface area contributed by atoms with Crippen LogP contribution in [0.25, 0.3) is 6.08 Å². The number of likely N-dealkylation sites (tertiary alicyclic amines) is 1. The van der Waals surface area contributed by atoms with E-state index in [0.717, 1.165) is 49.5 Å². The van der Waals surface area contributed by atoms with Crippen molar-refractivity contribution in [2.75, 3.05) is 31.1 Å². The Morgan fingerprint density at radius 3 is 2.78 bits per heavy atom. The van der Waals surface area contributed by atoms with E-state index in [4.69, 9.17) is 0 Å². The van der Waals surface area contributed by atoms with Crippen LogP contribution in [0.15, 0.2) is 41.4 Å². The number of carbonyl (C=O) groups is 1. The third kappa shape index (κ3) is 5.15. The molecule has 2 aliphatic rings. The van der Waals surface area contributed by atoms with Gasteiger partial charge in [-0.15, -0.1) is 0 Å². The Hall–Kier alpha value is -1.20. The van der Waals surface area contributed by atoms with Crippen LogP contribution in [0.5, 0.6) is 0 Å². The molecule has 0 bridgehead atoms. The van der Waals surface area contributed by atoms with Crippen molar-refractivity contribution in [2.24, 2.45) is 10.9 Å². The first-order valence-electron chi connectivity index (χ1n) is 8.13. The Morgan fingerprint density at radius 2 is 2.09 bits per heavy atom. The van der Waals surface area contributed by atoms with Crippen LogP contribution in [-0.2, 0) is 4.79 Å². The SMILES string of the molecule is O=C(C=Cc1ccccc1)N1CCC(CSC2=NCCS2)CC1. The Kier molecular flexibility index (Phi) is 6.22. The van der Waals surface area contributed by atoms with Gasteiger partial charge >= 0.3 is 0 Å². The van der Waals surface area contributed by atoms with Gasteiger partial charge in [0, 0.05) is 30.7 Å². The Bertz CT molecular complexity index is 578. The quantitative estimate of drug-likeness (QED) is 0.778. The van der Waals surface area contributed by atoms with Gasteiger partial charge in [0.1, 0.15) is 4.38 Å². The van der Waals surface area contributed by atoms with Crippen LogP contribution in [0.2, 0.25) is 0 Å². The first-order valence-corrected chi connectivity index (χ1v) is 10.1. The van der Waals surface area contributed by atoms with Crippen molar-refractivity contribution in [3.8, 4) is 0 Å². The molecule has 0 aromatic heterocycles. The van der Waals surface area contributed by atoms with Gasteiger partial charge in [-0.25, -0.2) is 0 Å². The lowest BCUT2D eigenvalue weighted by molar-refractivity contribution is -0.127. The maximum absolute atomic E-state index is 12.3. The van der Waals surface area contributed by atoms with Crippen molar-refractivity contribution >= 4 is 39.9 Å². The van der Waals surface area contributed by atoms with E-state index in [1.54, 1.807) is 6.08 Å². The molecule has 0 radical (unpaired) electrons. The summed E-state index contributed by atoms with van der Waals surface area (Å²) in [5.41, 5.74) is 1.07. The minimum atomic E-state index is 0.135. The van der Waals surface area contributed by atoms with E-state index in [1.807, 2.05) is 64.8 Å².